The highest BCUT2D eigenvalue weighted by molar-refractivity contribution is 5.75. The molecule has 1 heterocycles. The summed E-state index contributed by atoms with van der Waals surface area (Å²) < 4.78 is 1.82. The van der Waals surface area contributed by atoms with Crippen LogP contribution in [0.15, 0.2) is 12.5 Å². The lowest BCUT2D eigenvalue weighted by Crippen LogP contribution is -2.27. The molecule has 0 unspecified atom stereocenters. The van der Waals surface area contributed by atoms with Gasteiger partial charge in [-0.3, -0.25) is 4.79 Å². The Hall–Kier alpha value is -1.36. The van der Waals surface area contributed by atoms with Gasteiger partial charge in [-0.2, -0.15) is 0 Å². The number of nitrogens with zero attached hydrogens (tertiary/aromatic N) is 2. The molecule has 2 N–H and O–H groups in total. The van der Waals surface area contributed by atoms with E-state index in [1.54, 1.807) is 6.33 Å². The molecule has 1 rings (SSSR count). The molecule has 0 spiro atoms. The van der Waals surface area contributed by atoms with E-state index >= 15 is 0 Å². The van der Waals surface area contributed by atoms with Crippen molar-refractivity contribution >= 4 is 5.91 Å². The van der Waals surface area contributed by atoms with Crippen molar-refractivity contribution in [1.82, 2.24) is 20.2 Å². The van der Waals surface area contributed by atoms with Crippen molar-refractivity contribution in [2.75, 3.05) is 13.1 Å². The number of carbonyl (C=O) groups is 1. The van der Waals surface area contributed by atoms with E-state index in [0.717, 1.165) is 44.6 Å². The molecule has 1 aromatic rings. The first-order chi connectivity index (χ1) is 8.76. The number of rotatable bonds is 9. The molecule has 1 aromatic heterocycles. The maximum atomic E-state index is 11.6. The van der Waals surface area contributed by atoms with Gasteiger partial charge in [-0.15, -0.1) is 0 Å². The van der Waals surface area contributed by atoms with E-state index < -0.39 is 0 Å². The van der Waals surface area contributed by atoms with Crippen LogP contribution in [0.3, 0.4) is 0 Å². The Bertz CT molecular complexity index is 349. The number of amides is 1. The van der Waals surface area contributed by atoms with E-state index in [1.165, 1.54) is 0 Å². The lowest BCUT2D eigenvalue weighted by atomic mass is 10.3. The van der Waals surface area contributed by atoms with E-state index in [-0.39, 0.29) is 5.91 Å². The number of aromatic nitrogens is 2. The predicted molar refractivity (Wildman–Crippen MR) is 72.1 cm³/mol. The lowest BCUT2D eigenvalue weighted by molar-refractivity contribution is -0.121. The fourth-order valence-corrected chi connectivity index (χ4v) is 1.60. The summed E-state index contributed by atoms with van der Waals surface area (Å²) in [7, 11) is 0. The fourth-order valence-electron chi connectivity index (χ4n) is 1.60. The van der Waals surface area contributed by atoms with E-state index in [0.29, 0.717) is 6.54 Å². The van der Waals surface area contributed by atoms with Crippen LogP contribution in [0.4, 0.5) is 0 Å². The standard InChI is InChI=1S/C13H24N4O/c1-3-5-7-15-13(18)10-17-9-12(16-11-17)8-14-6-4-2/h9,11,14H,3-8,10H2,1-2H3,(H,15,18). The molecule has 0 radical (unpaired) electrons. The third kappa shape index (κ3) is 5.82. The van der Waals surface area contributed by atoms with Crippen LogP contribution in [0.1, 0.15) is 38.8 Å². The zero-order valence-corrected chi connectivity index (χ0v) is 11.4. The molecule has 0 aliphatic heterocycles. The van der Waals surface area contributed by atoms with Crippen molar-refractivity contribution < 1.29 is 4.79 Å². The maximum Gasteiger partial charge on any atom is 0.239 e. The van der Waals surface area contributed by atoms with Crippen LogP contribution in [0.2, 0.25) is 0 Å². The van der Waals surface area contributed by atoms with Crippen LogP contribution in [0, 0.1) is 0 Å². The summed E-state index contributed by atoms with van der Waals surface area (Å²) in [5.41, 5.74) is 0.977. The Morgan fingerprint density at radius 1 is 1.33 bits per heavy atom. The molecule has 5 heteroatoms. The quantitative estimate of drug-likeness (QED) is 0.651. The molecule has 102 valence electrons. The van der Waals surface area contributed by atoms with Crippen LogP contribution in [0.5, 0.6) is 0 Å². The summed E-state index contributed by atoms with van der Waals surface area (Å²) in [5, 5.41) is 6.17. The first-order valence-corrected chi connectivity index (χ1v) is 6.74. The van der Waals surface area contributed by atoms with Gasteiger partial charge in [0.05, 0.1) is 12.0 Å². The van der Waals surface area contributed by atoms with Crippen LogP contribution in [0.25, 0.3) is 0 Å². The number of nitrogens with one attached hydrogen (secondary N) is 2. The first kappa shape index (κ1) is 14.7. The molecular weight excluding hydrogens is 228 g/mol. The average Bonchev–Trinajstić information content (AvgIpc) is 2.77. The third-order valence-electron chi connectivity index (χ3n) is 2.60. The van der Waals surface area contributed by atoms with E-state index in [9.17, 15) is 4.79 Å². The van der Waals surface area contributed by atoms with Gasteiger partial charge in [-0.1, -0.05) is 20.3 Å². The molecule has 0 saturated carbocycles. The molecular formula is C13H24N4O. The van der Waals surface area contributed by atoms with Gasteiger partial charge in [-0.05, 0) is 19.4 Å². The highest BCUT2D eigenvalue weighted by Gasteiger charge is 2.03. The number of hydrogen-bond donors (Lipinski definition) is 2. The van der Waals surface area contributed by atoms with E-state index in [2.05, 4.69) is 29.5 Å². The van der Waals surface area contributed by atoms with Crippen molar-refractivity contribution in [3.63, 3.8) is 0 Å². The largest absolute Gasteiger partial charge is 0.355 e. The molecule has 0 atom stereocenters. The Kier molecular flexibility index (Phi) is 7.10. The van der Waals surface area contributed by atoms with Gasteiger partial charge in [0.25, 0.3) is 0 Å². The summed E-state index contributed by atoms with van der Waals surface area (Å²) >= 11 is 0. The molecule has 0 aliphatic rings. The second kappa shape index (κ2) is 8.69. The monoisotopic (exact) mass is 252 g/mol. The van der Waals surface area contributed by atoms with E-state index in [1.807, 2.05) is 10.8 Å². The SMILES string of the molecule is CCCCNC(=O)Cn1cnc(CNCCC)c1. The molecule has 18 heavy (non-hydrogen) atoms. The van der Waals surface area contributed by atoms with Gasteiger partial charge >= 0.3 is 0 Å². The normalized spacial score (nSPS) is 10.6. The number of unbranched alkanes of at least 4 members (excludes halogenated alkanes) is 1. The van der Waals surface area contributed by atoms with Gasteiger partial charge in [0.2, 0.25) is 5.91 Å². The molecule has 1 amide bonds. The Morgan fingerprint density at radius 2 is 2.17 bits per heavy atom. The minimum atomic E-state index is 0.0499. The summed E-state index contributed by atoms with van der Waals surface area (Å²) in [5.74, 6) is 0.0499. The highest BCUT2D eigenvalue weighted by atomic mass is 16.1. The van der Waals surface area contributed by atoms with Gasteiger partial charge in [0, 0.05) is 19.3 Å². The van der Waals surface area contributed by atoms with Gasteiger partial charge in [0.15, 0.2) is 0 Å². The summed E-state index contributed by atoms with van der Waals surface area (Å²) in [6, 6.07) is 0. The highest BCUT2D eigenvalue weighted by Crippen LogP contribution is 1.96. The second-order valence-corrected chi connectivity index (χ2v) is 4.42. The summed E-state index contributed by atoms with van der Waals surface area (Å²) in [6.45, 7) is 7.10. The smallest absolute Gasteiger partial charge is 0.239 e. The topological polar surface area (TPSA) is 59.0 Å². The van der Waals surface area contributed by atoms with Crippen LogP contribution < -0.4 is 10.6 Å². The van der Waals surface area contributed by atoms with Crippen molar-refractivity contribution in [3.05, 3.63) is 18.2 Å². The number of hydrogen-bond acceptors (Lipinski definition) is 3. The second-order valence-electron chi connectivity index (χ2n) is 4.42. The molecule has 0 bridgehead atoms. The zero-order valence-electron chi connectivity index (χ0n) is 11.4. The Labute approximate surface area is 109 Å². The first-order valence-electron chi connectivity index (χ1n) is 6.74. The van der Waals surface area contributed by atoms with Crippen molar-refractivity contribution in [1.29, 1.82) is 0 Å². The maximum absolute atomic E-state index is 11.6. The minimum absolute atomic E-state index is 0.0499. The zero-order chi connectivity index (χ0) is 13.2. The third-order valence-corrected chi connectivity index (χ3v) is 2.60. The summed E-state index contributed by atoms with van der Waals surface area (Å²) in [6.07, 6.45) is 6.87. The van der Waals surface area contributed by atoms with Gasteiger partial charge in [-0.25, -0.2) is 4.98 Å². The lowest BCUT2D eigenvalue weighted by Gasteiger charge is -2.04. The molecule has 0 aliphatic carbocycles. The minimum Gasteiger partial charge on any atom is -0.355 e. The van der Waals surface area contributed by atoms with Crippen molar-refractivity contribution in [3.8, 4) is 0 Å². The number of carbonyl (C=O) groups excluding carboxylic acids is 1. The predicted octanol–water partition coefficient (Wildman–Crippen LogP) is 1.30. The van der Waals surface area contributed by atoms with Gasteiger partial charge < -0.3 is 15.2 Å². The van der Waals surface area contributed by atoms with Crippen LogP contribution in [-0.2, 0) is 17.9 Å². The number of imidazole rings is 1. The Morgan fingerprint density at radius 3 is 2.89 bits per heavy atom. The molecule has 5 nitrogen and oxygen atoms in total. The molecule has 0 fully saturated rings. The van der Waals surface area contributed by atoms with Crippen LogP contribution >= 0.6 is 0 Å². The molecule has 0 aromatic carbocycles. The summed E-state index contributed by atoms with van der Waals surface area (Å²) in [4.78, 5) is 15.8. The van der Waals surface area contributed by atoms with E-state index in [4.69, 9.17) is 0 Å². The van der Waals surface area contributed by atoms with Crippen molar-refractivity contribution in [2.45, 2.75) is 46.2 Å². The van der Waals surface area contributed by atoms with Gasteiger partial charge in [0.1, 0.15) is 6.54 Å². The molecule has 0 saturated heterocycles. The van der Waals surface area contributed by atoms with Crippen molar-refractivity contribution in [2.24, 2.45) is 0 Å². The fraction of sp³-hybridized carbons (Fsp3) is 0.692. The Balaban J connectivity index is 2.27. The average molecular weight is 252 g/mol. The van der Waals surface area contributed by atoms with Crippen LogP contribution in [-0.4, -0.2) is 28.5 Å².